The fourth-order valence-electron chi connectivity index (χ4n) is 1.68. The summed E-state index contributed by atoms with van der Waals surface area (Å²) in [5.74, 6) is 0.481. The summed E-state index contributed by atoms with van der Waals surface area (Å²) in [6.07, 6.45) is 0.953. The van der Waals surface area contributed by atoms with E-state index in [1.165, 1.54) is 6.20 Å². The molecule has 1 aliphatic rings. The predicted octanol–water partition coefficient (Wildman–Crippen LogP) is 1.35. The molecule has 2 heterocycles. The van der Waals surface area contributed by atoms with Gasteiger partial charge < -0.3 is 15.4 Å². The molecule has 0 bridgehead atoms. The Labute approximate surface area is 107 Å². The molecule has 0 aliphatic carbocycles. The number of rotatable bonds is 2. The first-order chi connectivity index (χ1) is 8.83. The number of anilines is 2. The van der Waals surface area contributed by atoms with Gasteiger partial charge in [0.25, 0.3) is 5.91 Å². The van der Waals surface area contributed by atoms with Crippen LogP contribution in [0.3, 0.4) is 0 Å². The van der Waals surface area contributed by atoms with E-state index in [1.54, 1.807) is 0 Å². The number of hydrogen-bond donors (Lipinski definition) is 2. The number of hydrogen-bond acceptors (Lipinski definition) is 6. The van der Waals surface area contributed by atoms with Crippen molar-refractivity contribution in [1.29, 1.82) is 0 Å². The first-order valence-electron chi connectivity index (χ1n) is 5.41. The molecule has 1 aliphatic heterocycles. The van der Waals surface area contributed by atoms with E-state index in [0.29, 0.717) is 17.3 Å². The van der Waals surface area contributed by atoms with E-state index < -0.39 is 6.10 Å². The van der Waals surface area contributed by atoms with Crippen molar-refractivity contribution in [2.24, 2.45) is 0 Å². The molecule has 1 unspecified atom stereocenters. The molecule has 2 N–H and O–H groups in total. The lowest BCUT2D eigenvalue weighted by atomic mass is 10.2. The summed E-state index contributed by atoms with van der Waals surface area (Å²) in [6.45, 7) is 0.440. The zero-order valence-corrected chi connectivity index (χ0v) is 10.1. The first kappa shape index (κ1) is 11.0. The molecule has 0 saturated heterocycles. The Morgan fingerprint density at radius 3 is 3.22 bits per heavy atom. The molecule has 7 heteroatoms. The highest BCUT2D eigenvalue weighted by Gasteiger charge is 2.25. The smallest absolute Gasteiger partial charge is 0.267 e. The molecule has 2 aromatic rings. The van der Waals surface area contributed by atoms with Gasteiger partial charge in [-0.25, -0.2) is 0 Å². The maximum absolute atomic E-state index is 12.0. The van der Waals surface area contributed by atoms with E-state index >= 15 is 0 Å². The van der Waals surface area contributed by atoms with Crippen molar-refractivity contribution in [3.63, 3.8) is 0 Å². The van der Waals surface area contributed by atoms with Gasteiger partial charge in [0.1, 0.15) is 10.8 Å². The molecule has 1 aromatic carbocycles. The minimum Gasteiger partial charge on any atom is -0.477 e. The van der Waals surface area contributed by atoms with Crippen molar-refractivity contribution in [2.75, 3.05) is 17.2 Å². The van der Waals surface area contributed by atoms with Crippen LogP contribution in [-0.4, -0.2) is 28.1 Å². The van der Waals surface area contributed by atoms with Gasteiger partial charge in [-0.1, -0.05) is 16.6 Å². The maximum Gasteiger partial charge on any atom is 0.267 e. The largest absolute Gasteiger partial charge is 0.477 e. The minimum atomic E-state index is -0.554. The zero-order chi connectivity index (χ0) is 12.4. The lowest BCUT2D eigenvalue weighted by Gasteiger charge is -2.26. The minimum absolute atomic E-state index is 0.206. The molecule has 18 heavy (non-hydrogen) atoms. The molecule has 1 aromatic heterocycles. The Balaban J connectivity index is 1.70. The summed E-state index contributed by atoms with van der Waals surface area (Å²) >= 11 is 1.13. The molecule has 92 valence electrons. The fraction of sp³-hybridized carbons (Fsp3) is 0.182. The molecular formula is C11H10N4O2S. The molecule has 0 fully saturated rings. The highest BCUT2D eigenvalue weighted by molar-refractivity contribution is 7.10. The second kappa shape index (κ2) is 4.61. The van der Waals surface area contributed by atoms with Gasteiger partial charge in [0.2, 0.25) is 0 Å². The molecular weight excluding hydrogens is 252 g/mol. The third-order valence-corrected chi connectivity index (χ3v) is 3.11. The second-order valence-electron chi connectivity index (χ2n) is 3.75. The summed E-state index contributed by atoms with van der Waals surface area (Å²) in [5.41, 5.74) is 0.904. The van der Waals surface area contributed by atoms with Gasteiger partial charge in [-0.3, -0.25) is 4.79 Å². The summed E-state index contributed by atoms with van der Waals surface area (Å²) in [5, 5.41) is 10.1. The van der Waals surface area contributed by atoms with Crippen LogP contribution in [0.2, 0.25) is 0 Å². The van der Waals surface area contributed by atoms with Crippen LogP contribution in [0.25, 0.3) is 0 Å². The van der Waals surface area contributed by atoms with Gasteiger partial charge in [-0.2, -0.15) is 0 Å². The summed E-state index contributed by atoms with van der Waals surface area (Å²) in [7, 11) is 0. The van der Waals surface area contributed by atoms with Crippen molar-refractivity contribution in [3.05, 3.63) is 30.5 Å². The maximum atomic E-state index is 12.0. The lowest BCUT2D eigenvalue weighted by molar-refractivity contribution is -0.122. The molecule has 1 amide bonds. The fourth-order valence-corrected chi connectivity index (χ4v) is 2.11. The normalized spacial score (nSPS) is 17.2. The Morgan fingerprint density at radius 2 is 2.39 bits per heavy atom. The van der Waals surface area contributed by atoms with Gasteiger partial charge in [-0.15, -0.1) is 5.10 Å². The number of benzene rings is 1. The number of ether oxygens (including phenoxy) is 1. The van der Waals surface area contributed by atoms with E-state index in [9.17, 15) is 4.79 Å². The van der Waals surface area contributed by atoms with Gasteiger partial charge >= 0.3 is 0 Å². The standard InChI is InChI=1S/C11H10N4O2S/c16-11(14-10-6-13-15-18-10)9-5-12-7-3-1-2-4-8(7)17-9/h1-4,6,9,12H,5H2,(H,14,16). The van der Waals surface area contributed by atoms with Crippen molar-refractivity contribution in [2.45, 2.75) is 6.10 Å². The third-order valence-electron chi connectivity index (χ3n) is 2.53. The predicted molar refractivity (Wildman–Crippen MR) is 67.9 cm³/mol. The molecule has 3 rings (SSSR count). The van der Waals surface area contributed by atoms with Crippen LogP contribution in [-0.2, 0) is 4.79 Å². The Bertz CT molecular complexity index is 558. The van der Waals surface area contributed by atoms with Crippen LogP contribution in [0, 0.1) is 0 Å². The quantitative estimate of drug-likeness (QED) is 0.854. The number of nitrogens with zero attached hydrogens (tertiary/aromatic N) is 2. The summed E-state index contributed by atoms with van der Waals surface area (Å²) < 4.78 is 9.31. The summed E-state index contributed by atoms with van der Waals surface area (Å²) in [4.78, 5) is 12.0. The number of carbonyl (C=O) groups excluding carboxylic acids is 1. The number of para-hydroxylation sites is 2. The first-order valence-corrected chi connectivity index (χ1v) is 6.18. The summed E-state index contributed by atoms with van der Waals surface area (Å²) in [6, 6.07) is 7.53. The van der Waals surface area contributed by atoms with Crippen molar-refractivity contribution < 1.29 is 9.53 Å². The van der Waals surface area contributed by atoms with Gasteiger partial charge in [-0.05, 0) is 12.1 Å². The van der Waals surface area contributed by atoms with Gasteiger partial charge in [0, 0.05) is 11.5 Å². The van der Waals surface area contributed by atoms with E-state index in [1.807, 2.05) is 24.3 Å². The second-order valence-corrected chi connectivity index (χ2v) is 4.54. The lowest BCUT2D eigenvalue weighted by Crippen LogP contribution is -2.41. The Morgan fingerprint density at radius 1 is 1.50 bits per heavy atom. The Kier molecular flexibility index (Phi) is 2.81. The van der Waals surface area contributed by atoms with Crippen LogP contribution in [0.4, 0.5) is 10.7 Å². The number of amides is 1. The van der Waals surface area contributed by atoms with Crippen LogP contribution >= 0.6 is 11.5 Å². The number of fused-ring (bicyclic) bond motifs is 1. The van der Waals surface area contributed by atoms with Crippen LogP contribution < -0.4 is 15.4 Å². The highest BCUT2D eigenvalue weighted by atomic mass is 32.1. The topological polar surface area (TPSA) is 76.1 Å². The molecule has 1 atom stereocenters. The van der Waals surface area contributed by atoms with Crippen molar-refractivity contribution in [1.82, 2.24) is 9.59 Å². The van der Waals surface area contributed by atoms with Crippen LogP contribution in [0.1, 0.15) is 0 Å². The monoisotopic (exact) mass is 262 g/mol. The highest BCUT2D eigenvalue weighted by Crippen LogP contribution is 2.28. The van der Waals surface area contributed by atoms with E-state index in [4.69, 9.17) is 4.74 Å². The van der Waals surface area contributed by atoms with Crippen molar-refractivity contribution in [3.8, 4) is 5.75 Å². The molecule has 0 radical (unpaired) electrons. The van der Waals surface area contributed by atoms with Crippen LogP contribution in [0.15, 0.2) is 30.5 Å². The van der Waals surface area contributed by atoms with Crippen LogP contribution in [0.5, 0.6) is 5.75 Å². The van der Waals surface area contributed by atoms with E-state index in [2.05, 4.69) is 20.2 Å². The Hall–Kier alpha value is -2.15. The molecule has 6 nitrogen and oxygen atoms in total. The SMILES string of the molecule is O=C(Nc1cnns1)C1CNc2ccccc2O1. The number of nitrogens with one attached hydrogen (secondary N) is 2. The average molecular weight is 262 g/mol. The number of aromatic nitrogens is 2. The van der Waals surface area contributed by atoms with E-state index in [0.717, 1.165) is 17.2 Å². The zero-order valence-electron chi connectivity index (χ0n) is 9.29. The average Bonchev–Trinajstić information content (AvgIpc) is 2.91. The van der Waals surface area contributed by atoms with Gasteiger partial charge in [0.15, 0.2) is 6.10 Å². The van der Waals surface area contributed by atoms with E-state index in [-0.39, 0.29) is 5.91 Å². The number of carbonyl (C=O) groups is 1. The van der Waals surface area contributed by atoms with Crippen molar-refractivity contribution >= 4 is 28.1 Å². The van der Waals surface area contributed by atoms with Gasteiger partial charge in [0.05, 0.1) is 18.4 Å². The molecule has 0 spiro atoms. The third kappa shape index (κ3) is 2.12. The molecule has 0 saturated carbocycles.